The van der Waals surface area contributed by atoms with Gasteiger partial charge in [0, 0.05) is 18.7 Å². The predicted octanol–water partition coefficient (Wildman–Crippen LogP) is 2.26. The molecule has 1 aromatic heterocycles. The molecule has 2 heterocycles. The van der Waals surface area contributed by atoms with Crippen molar-refractivity contribution in [3.63, 3.8) is 0 Å². The summed E-state index contributed by atoms with van der Waals surface area (Å²) in [5.74, 6) is 0.737. The van der Waals surface area contributed by atoms with Gasteiger partial charge in [0.1, 0.15) is 5.82 Å². The second-order valence-electron chi connectivity index (χ2n) is 6.13. The minimum absolute atomic E-state index is 0.364. The smallest absolute Gasteiger partial charge is 0.252 e. The molecule has 120 valence electrons. The first kappa shape index (κ1) is 15.6. The molecule has 1 aromatic carbocycles. The lowest BCUT2D eigenvalue weighted by Crippen LogP contribution is -2.33. The van der Waals surface area contributed by atoms with Gasteiger partial charge in [0.2, 0.25) is 0 Å². The Labute approximate surface area is 136 Å². The second kappa shape index (κ2) is 6.87. The van der Waals surface area contributed by atoms with Crippen molar-refractivity contribution in [2.24, 2.45) is 5.73 Å². The minimum Gasteiger partial charge on any atom is -0.365 e. The molecule has 0 unspecified atom stereocenters. The molecule has 1 aliphatic rings. The molecule has 1 fully saturated rings. The van der Waals surface area contributed by atoms with E-state index in [0.717, 1.165) is 38.3 Å². The number of nitrogens with two attached hydrogens (primary N) is 1. The Balaban J connectivity index is 1.60. The average Bonchev–Trinajstić information content (AvgIpc) is 2.56. The van der Waals surface area contributed by atoms with Crippen molar-refractivity contribution in [2.45, 2.75) is 32.2 Å². The molecular weight excluding hydrogens is 288 g/mol. The van der Waals surface area contributed by atoms with Crippen LogP contribution >= 0.6 is 0 Å². The molecule has 2 aromatic rings. The van der Waals surface area contributed by atoms with Crippen molar-refractivity contribution in [3.05, 3.63) is 59.2 Å². The van der Waals surface area contributed by atoms with Gasteiger partial charge in [-0.05, 0) is 38.4 Å². The standard InChI is InChI=1S/C18H22N4O/c1-13-16(17(19)23)11-20-18(21-13)15-7-9-22(10-8-15)12-14-5-3-2-4-6-14/h2-6,11,15H,7-10,12H2,1H3,(H2,19,23). The summed E-state index contributed by atoms with van der Waals surface area (Å²) in [5.41, 5.74) is 7.75. The van der Waals surface area contributed by atoms with Gasteiger partial charge in [-0.25, -0.2) is 9.97 Å². The maximum absolute atomic E-state index is 11.3. The summed E-state index contributed by atoms with van der Waals surface area (Å²) in [5, 5.41) is 0. The number of rotatable bonds is 4. The average molecular weight is 310 g/mol. The number of likely N-dealkylation sites (tertiary alicyclic amines) is 1. The van der Waals surface area contributed by atoms with Crippen molar-refractivity contribution < 1.29 is 4.79 Å². The van der Waals surface area contributed by atoms with Crippen molar-refractivity contribution in [1.82, 2.24) is 14.9 Å². The van der Waals surface area contributed by atoms with E-state index in [2.05, 4.69) is 39.1 Å². The van der Waals surface area contributed by atoms with Crippen molar-refractivity contribution in [2.75, 3.05) is 13.1 Å². The predicted molar refractivity (Wildman–Crippen MR) is 89.0 cm³/mol. The highest BCUT2D eigenvalue weighted by Crippen LogP contribution is 2.26. The third-order valence-electron chi connectivity index (χ3n) is 4.47. The summed E-state index contributed by atoms with van der Waals surface area (Å²) in [7, 11) is 0. The van der Waals surface area contributed by atoms with Gasteiger partial charge in [-0.15, -0.1) is 0 Å². The number of benzene rings is 1. The Morgan fingerprint density at radius 1 is 1.26 bits per heavy atom. The molecule has 5 heteroatoms. The topological polar surface area (TPSA) is 72.1 Å². The number of carbonyl (C=O) groups is 1. The van der Waals surface area contributed by atoms with Crippen LogP contribution in [0.5, 0.6) is 0 Å². The van der Waals surface area contributed by atoms with Crippen LogP contribution in [-0.2, 0) is 6.54 Å². The fourth-order valence-corrected chi connectivity index (χ4v) is 3.11. The Morgan fingerprint density at radius 2 is 1.96 bits per heavy atom. The number of hydrogen-bond donors (Lipinski definition) is 1. The van der Waals surface area contributed by atoms with E-state index >= 15 is 0 Å². The van der Waals surface area contributed by atoms with Crippen LogP contribution < -0.4 is 5.73 Å². The lowest BCUT2D eigenvalue weighted by Gasteiger charge is -2.31. The van der Waals surface area contributed by atoms with E-state index in [-0.39, 0.29) is 0 Å². The quantitative estimate of drug-likeness (QED) is 0.940. The van der Waals surface area contributed by atoms with Crippen LogP contribution in [0.3, 0.4) is 0 Å². The van der Waals surface area contributed by atoms with Gasteiger partial charge in [-0.3, -0.25) is 9.69 Å². The third kappa shape index (κ3) is 3.74. The summed E-state index contributed by atoms with van der Waals surface area (Å²) in [6, 6.07) is 10.5. The lowest BCUT2D eigenvalue weighted by atomic mass is 9.95. The summed E-state index contributed by atoms with van der Waals surface area (Å²) in [6.45, 7) is 4.89. The number of aryl methyl sites for hydroxylation is 1. The molecule has 0 bridgehead atoms. The van der Waals surface area contributed by atoms with Crippen LogP contribution in [0.2, 0.25) is 0 Å². The summed E-state index contributed by atoms with van der Waals surface area (Å²) >= 11 is 0. The Hall–Kier alpha value is -2.27. The zero-order valence-corrected chi connectivity index (χ0v) is 13.4. The molecule has 5 nitrogen and oxygen atoms in total. The largest absolute Gasteiger partial charge is 0.365 e. The second-order valence-corrected chi connectivity index (χ2v) is 6.13. The van der Waals surface area contributed by atoms with Crippen LogP contribution in [0.4, 0.5) is 0 Å². The van der Waals surface area contributed by atoms with Crippen LogP contribution in [0.1, 0.15) is 46.2 Å². The fourth-order valence-electron chi connectivity index (χ4n) is 3.11. The molecule has 1 saturated heterocycles. The highest BCUT2D eigenvalue weighted by Gasteiger charge is 2.23. The van der Waals surface area contributed by atoms with Gasteiger partial charge < -0.3 is 5.73 Å². The van der Waals surface area contributed by atoms with E-state index in [1.807, 2.05) is 13.0 Å². The van der Waals surface area contributed by atoms with E-state index in [9.17, 15) is 4.79 Å². The van der Waals surface area contributed by atoms with Crippen molar-refractivity contribution in [1.29, 1.82) is 0 Å². The summed E-state index contributed by atoms with van der Waals surface area (Å²) in [6.07, 6.45) is 3.65. The van der Waals surface area contributed by atoms with E-state index in [1.165, 1.54) is 5.56 Å². The molecule has 2 N–H and O–H groups in total. The first-order chi connectivity index (χ1) is 11.1. The summed E-state index contributed by atoms with van der Waals surface area (Å²) in [4.78, 5) is 22.6. The molecule has 0 aliphatic carbocycles. The number of carbonyl (C=O) groups excluding carboxylic acids is 1. The molecule has 0 saturated carbocycles. The first-order valence-corrected chi connectivity index (χ1v) is 8.03. The van der Waals surface area contributed by atoms with Crippen LogP contribution in [0, 0.1) is 6.92 Å². The monoisotopic (exact) mass is 310 g/mol. The molecule has 0 spiro atoms. The number of nitrogens with zero attached hydrogens (tertiary/aromatic N) is 3. The SMILES string of the molecule is Cc1nc(C2CCN(Cc3ccccc3)CC2)ncc1C(N)=O. The first-order valence-electron chi connectivity index (χ1n) is 8.03. The number of hydrogen-bond acceptors (Lipinski definition) is 4. The maximum Gasteiger partial charge on any atom is 0.252 e. The van der Waals surface area contributed by atoms with Gasteiger partial charge in [0.05, 0.1) is 11.3 Å². The Kier molecular flexibility index (Phi) is 4.67. The van der Waals surface area contributed by atoms with Gasteiger partial charge in [-0.2, -0.15) is 0 Å². The van der Waals surface area contributed by atoms with Crippen LogP contribution in [0.25, 0.3) is 0 Å². The van der Waals surface area contributed by atoms with Gasteiger partial charge in [-0.1, -0.05) is 30.3 Å². The number of piperidine rings is 1. The normalized spacial score (nSPS) is 16.4. The third-order valence-corrected chi connectivity index (χ3v) is 4.47. The number of aromatic nitrogens is 2. The molecule has 0 atom stereocenters. The summed E-state index contributed by atoms with van der Waals surface area (Å²) < 4.78 is 0. The molecule has 23 heavy (non-hydrogen) atoms. The highest BCUT2D eigenvalue weighted by molar-refractivity contribution is 5.93. The van der Waals surface area contributed by atoms with Crippen molar-refractivity contribution >= 4 is 5.91 Å². The molecule has 3 rings (SSSR count). The molecule has 0 radical (unpaired) electrons. The lowest BCUT2D eigenvalue weighted by molar-refractivity contribution is 0.0998. The van der Waals surface area contributed by atoms with Gasteiger partial charge in [0.25, 0.3) is 5.91 Å². The Bertz CT molecular complexity index is 679. The maximum atomic E-state index is 11.3. The van der Waals surface area contributed by atoms with Gasteiger partial charge in [0.15, 0.2) is 0 Å². The van der Waals surface area contributed by atoms with E-state index < -0.39 is 5.91 Å². The van der Waals surface area contributed by atoms with E-state index in [1.54, 1.807) is 6.20 Å². The zero-order chi connectivity index (χ0) is 16.2. The highest BCUT2D eigenvalue weighted by atomic mass is 16.1. The molecule has 1 amide bonds. The zero-order valence-electron chi connectivity index (χ0n) is 13.4. The van der Waals surface area contributed by atoms with Crippen LogP contribution in [-0.4, -0.2) is 33.9 Å². The fraction of sp³-hybridized carbons (Fsp3) is 0.389. The van der Waals surface area contributed by atoms with Gasteiger partial charge >= 0.3 is 0 Å². The molecular formula is C18H22N4O. The number of primary amides is 1. The Morgan fingerprint density at radius 3 is 2.57 bits per heavy atom. The van der Waals surface area contributed by atoms with Crippen molar-refractivity contribution in [3.8, 4) is 0 Å². The minimum atomic E-state index is -0.466. The number of amides is 1. The van der Waals surface area contributed by atoms with Crippen LogP contribution in [0.15, 0.2) is 36.5 Å². The molecule has 1 aliphatic heterocycles. The van der Waals surface area contributed by atoms with E-state index in [0.29, 0.717) is 17.2 Å². The van der Waals surface area contributed by atoms with E-state index in [4.69, 9.17) is 5.73 Å².